The van der Waals surface area contributed by atoms with E-state index in [9.17, 15) is 18.0 Å². The van der Waals surface area contributed by atoms with Crippen LogP contribution >= 0.6 is 23.2 Å². The summed E-state index contributed by atoms with van der Waals surface area (Å²) in [6.07, 6.45) is 5.03. The molecule has 0 spiro atoms. The number of aryl methyl sites for hydroxylation is 1. The average Bonchev–Trinajstić information content (AvgIpc) is 3.11. The van der Waals surface area contributed by atoms with Crippen molar-refractivity contribution in [1.82, 2.24) is 10.2 Å². The van der Waals surface area contributed by atoms with Gasteiger partial charge in [0.05, 0.1) is 17.7 Å². The summed E-state index contributed by atoms with van der Waals surface area (Å²) in [7, 11) is -2.85. The Morgan fingerprint density at radius 2 is 1.51 bits per heavy atom. The van der Waals surface area contributed by atoms with E-state index in [-0.39, 0.29) is 41.2 Å². The number of hydrogen-bond donors (Lipinski definition) is 1. The number of rotatable bonds is 13. The number of nitrogens with one attached hydrogen (secondary N) is 1. The lowest BCUT2D eigenvalue weighted by Crippen LogP contribution is -2.55. The third kappa shape index (κ3) is 8.95. The van der Waals surface area contributed by atoms with Gasteiger partial charge in [0.2, 0.25) is 11.8 Å². The third-order valence-corrected chi connectivity index (χ3v) is 11.3. The Morgan fingerprint density at radius 3 is 2.14 bits per heavy atom. The van der Waals surface area contributed by atoms with Crippen LogP contribution in [0.3, 0.4) is 0 Å². The van der Waals surface area contributed by atoms with Crippen LogP contribution in [0.4, 0.5) is 5.69 Å². The molecule has 0 bridgehead atoms. The highest BCUT2D eigenvalue weighted by Gasteiger charge is 2.36. The van der Waals surface area contributed by atoms with E-state index >= 15 is 0 Å². The molecular weight excluding hydrogens is 681 g/mol. The molecule has 1 N–H and O–H groups in total. The summed E-state index contributed by atoms with van der Waals surface area (Å²) < 4.78 is 35.4. The maximum Gasteiger partial charge on any atom is 0.264 e. The van der Waals surface area contributed by atoms with E-state index in [1.165, 1.54) is 24.1 Å². The number of anilines is 1. The molecule has 49 heavy (non-hydrogen) atoms. The number of ether oxygens (including phenoxy) is 1. The van der Waals surface area contributed by atoms with E-state index in [0.29, 0.717) is 15.6 Å². The molecule has 4 aromatic rings. The Balaban J connectivity index is 1.62. The smallest absolute Gasteiger partial charge is 0.264 e. The predicted octanol–water partition coefficient (Wildman–Crippen LogP) is 7.59. The number of halogens is 2. The second kappa shape index (κ2) is 16.6. The van der Waals surface area contributed by atoms with Crippen molar-refractivity contribution < 1.29 is 22.7 Å². The van der Waals surface area contributed by atoms with Crippen LogP contribution in [0.15, 0.2) is 102 Å². The van der Waals surface area contributed by atoms with Gasteiger partial charge in [-0.05, 0) is 67.3 Å². The van der Waals surface area contributed by atoms with Crippen LogP contribution in [0, 0.1) is 6.92 Å². The first-order valence-electron chi connectivity index (χ1n) is 16.4. The number of carbonyl (C=O) groups excluding carboxylic acids is 2. The molecule has 0 radical (unpaired) electrons. The van der Waals surface area contributed by atoms with Crippen LogP contribution in [0.2, 0.25) is 10.0 Å². The summed E-state index contributed by atoms with van der Waals surface area (Å²) in [6.45, 7) is 1.08. The zero-order valence-corrected chi connectivity index (χ0v) is 30.0. The SMILES string of the molecule is COc1ccc(C)cc1N(CC(=O)N(Cc1c(Cl)cccc1Cl)[C@H](Cc1ccccc1)C(=O)NC1CCCCC1)S(=O)(=O)c1ccccc1. The van der Waals surface area contributed by atoms with E-state index in [4.69, 9.17) is 27.9 Å². The number of sulfonamides is 1. The highest BCUT2D eigenvalue weighted by atomic mass is 35.5. The molecule has 8 nitrogen and oxygen atoms in total. The first-order chi connectivity index (χ1) is 23.6. The van der Waals surface area contributed by atoms with Gasteiger partial charge >= 0.3 is 0 Å². The Kier molecular flexibility index (Phi) is 12.3. The zero-order chi connectivity index (χ0) is 35.0. The van der Waals surface area contributed by atoms with Crippen molar-refractivity contribution in [3.8, 4) is 5.75 Å². The fourth-order valence-electron chi connectivity index (χ4n) is 6.18. The van der Waals surface area contributed by atoms with Gasteiger partial charge in [0.15, 0.2) is 0 Å². The lowest BCUT2D eigenvalue weighted by atomic mass is 9.94. The topological polar surface area (TPSA) is 96.0 Å². The summed E-state index contributed by atoms with van der Waals surface area (Å²) >= 11 is 13.3. The van der Waals surface area contributed by atoms with Gasteiger partial charge in [-0.15, -0.1) is 0 Å². The Hall–Kier alpha value is -4.05. The Labute approximate surface area is 299 Å². The van der Waals surface area contributed by atoms with Crippen LogP contribution in [0.25, 0.3) is 0 Å². The number of nitrogens with zero attached hydrogens (tertiary/aromatic N) is 2. The summed E-state index contributed by atoms with van der Waals surface area (Å²) in [5, 5.41) is 3.85. The molecule has 5 rings (SSSR count). The van der Waals surface area contributed by atoms with Crippen molar-refractivity contribution in [2.45, 2.75) is 69.0 Å². The van der Waals surface area contributed by atoms with Gasteiger partial charge in [-0.3, -0.25) is 13.9 Å². The highest BCUT2D eigenvalue weighted by molar-refractivity contribution is 7.92. The third-order valence-electron chi connectivity index (χ3n) is 8.83. The first-order valence-corrected chi connectivity index (χ1v) is 18.6. The summed E-state index contributed by atoms with van der Waals surface area (Å²) in [5.41, 5.74) is 2.25. The normalized spacial score (nSPS) is 14.1. The van der Waals surface area contributed by atoms with Crippen molar-refractivity contribution >= 4 is 50.7 Å². The van der Waals surface area contributed by atoms with Gasteiger partial charge in [-0.2, -0.15) is 0 Å². The maximum atomic E-state index is 14.9. The lowest BCUT2D eigenvalue weighted by Gasteiger charge is -2.35. The number of carbonyl (C=O) groups is 2. The summed E-state index contributed by atoms with van der Waals surface area (Å²) in [4.78, 5) is 30.6. The van der Waals surface area contributed by atoms with Gasteiger partial charge in [0.1, 0.15) is 18.3 Å². The molecular formula is C38H41Cl2N3O5S. The summed E-state index contributed by atoms with van der Waals surface area (Å²) in [6, 6.07) is 26.5. The Bertz CT molecular complexity index is 1830. The van der Waals surface area contributed by atoms with Crippen LogP contribution in [0.5, 0.6) is 5.75 Å². The number of methoxy groups -OCH3 is 1. The van der Waals surface area contributed by atoms with E-state index in [2.05, 4.69) is 5.32 Å². The van der Waals surface area contributed by atoms with E-state index in [1.807, 2.05) is 37.3 Å². The molecule has 1 aliphatic carbocycles. The largest absolute Gasteiger partial charge is 0.495 e. The second-order valence-electron chi connectivity index (χ2n) is 12.3. The van der Waals surface area contributed by atoms with Gasteiger partial charge in [-0.1, -0.05) is 103 Å². The molecule has 0 heterocycles. The minimum absolute atomic E-state index is 0.00272. The van der Waals surface area contributed by atoms with Gasteiger partial charge in [0.25, 0.3) is 10.0 Å². The monoisotopic (exact) mass is 721 g/mol. The minimum atomic E-state index is -4.30. The fourth-order valence-corrected chi connectivity index (χ4v) is 8.13. The Morgan fingerprint density at radius 1 is 0.878 bits per heavy atom. The summed E-state index contributed by atoms with van der Waals surface area (Å²) in [5.74, 6) is -0.661. The molecule has 0 aromatic heterocycles. The maximum absolute atomic E-state index is 14.9. The minimum Gasteiger partial charge on any atom is -0.495 e. The van der Waals surface area contributed by atoms with Crippen LogP contribution < -0.4 is 14.4 Å². The van der Waals surface area contributed by atoms with Crippen LogP contribution in [-0.2, 0) is 32.6 Å². The van der Waals surface area contributed by atoms with Crippen molar-refractivity contribution in [3.63, 3.8) is 0 Å². The molecule has 1 aliphatic rings. The average molecular weight is 723 g/mol. The molecule has 2 amide bonds. The number of benzene rings is 4. The predicted molar refractivity (Wildman–Crippen MR) is 195 cm³/mol. The van der Waals surface area contributed by atoms with E-state index in [1.54, 1.807) is 54.6 Å². The molecule has 0 saturated heterocycles. The molecule has 1 fully saturated rings. The standard InChI is InChI=1S/C38H41Cl2N3O5S/c1-27-21-22-36(48-2)34(23-27)43(49(46,47)30-17-10-5-11-18-30)26-37(44)42(25-31-32(39)19-12-20-33(31)40)35(24-28-13-6-3-7-14-28)38(45)41-29-15-8-4-9-16-29/h3,5-7,10-14,17-23,29,35H,4,8-9,15-16,24-26H2,1-2H3,(H,41,45)/t35-/m1/s1. The van der Waals surface area contributed by atoms with Gasteiger partial charge in [-0.25, -0.2) is 8.42 Å². The molecule has 1 saturated carbocycles. The lowest BCUT2D eigenvalue weighted by molar-refractivity contribution is -0.140. The van der Waals surface area contributed by atoms with Crippen molar-refractivity contribution in [1.29, 1.82) is 0 Å². The molecule has 1 atom stereocenters. The fraction of sp³-hybridized carbons (Fsp3) is 0.316. The molecule has 258 valence electrons. The van der Waals surface area contributed by atoms with Gasteiger partial charge in [0, 0.05) is 34.6 Å². The first kappa shape index (κ1) is 36.2. The van der Waals surface area contributed by atoms with Crippen molar-refractivity contribution in [2.24, 2.45) is 0 Å². The molecule has 0 aliphatic heterocycles. The molecule has 0 unspecified atom stereocenters. The highest BCUT2D eigenvalue weighted by Crippen LogP contribution is 2.34. The zero-order valence-electron chi connectivity index (χ0n) is 27.6. The number of hydrogen-bond acceptors (Lipinski definition) is 5. The van der Waals surface area contributed by atoms with Crippen molar-refractivity contribution in [3.05, 3.63) is 124 Å². The van der Waals surface area contributed by atoms with Crippen LogP contribution in [-0.4, -0.2) is 50.9 Å². The second-order valence-corrected chi connectivity index (χ2v) is 14.9. The molecule has 4 aromatic carbocycles. The number of amides is 2. The van der Waals surface area contributed by atoms with Gasteiger partial charge < -0.3 is 15.0 Å². The van der Waals surface area contributed by atoms with E-state index in [0.717, 1.165) is 47.5 Å². The van der Waals surface area contributed by atoms with E-state index < -0.39 is 28.5 Å². The van der Waals surface area contributed by atoms with Crippen LogP contribution in [0.1, 0.15) is 48.8 Å². The quantitative estimate of drug-likeness (QED) is 0.154. The van der Waals surface area contributed by atoms with Crippen molar-refractivity contribution in [2.75, 3.05) is 18.0 Å². The molecule has 11 heteroatoms.